The van der Waals surface area contributed by atoms with Crippen LogP contribution >= 0.6 is 11.3 Å². The number of likely N-dealkylation sites (tertiary alicyclic amines) is 1. The molecule has 21 heavy (non-hydrogen) atoms. The van der Waals surface area contributed by atoms with Crippen molar-refractivity contribution in [3.63, 3.8) is 0 Å². The largest absolute Gasteiger partial charge is 0.480 e. The molecular weight excluding hydrogens is 286 g/mol. The summed E-state index contributed by atoms with van der Waals surface area (Å²) >= 11 is 1.61. The molecule has 0 aromatic carbocycles. The second-order valence-corrected chi connectivity index (χ2v) is 7.61. The van der Waals surface area contributed by atoms with Crippen LogP contribution in [-0.2, 0) is 17.8 Å². The molecular formula is C15H23N3O2S. The van der Waals surface area contributed by atoms with E-state index in [1.165, 1.54) is 32.1 Å². The van der Waals surface area contributed by atoms with Crippen LogP contribution in [0.15, 0.2) is 0 Å². The molecule has 6 heteroatoms. The van der Waals surface area contributed by atoms with E-state index in [2.05, 4.69) is 22.0 Å². The summed E-state index contributed by atoms with van der Waals surface area (Å²) in [5.41, 5.74) is 0.236. The number of carbonyl (C=O) groups is 1. The van der Waals surface area contributed by atoms with Gasteiger partial charge in [0.1, 0.15) is 16.1 Å². The zero-order valence-electron chi connectivity index (χ0n) is 12.5. The summed E-state index contributed by atoms with van der Waals surface area (Å²) in [6.07, 6.45) is 7.87. The van der Waals surface area contributed by atoms with Gasteiger partial charge in [-0.05, 0) is 31.1 Å². The normalized spacial score (nSPS) is 25.5. The first kappa shape index (κ1) is 14.9. The fourth-order valence-electron chi connectivity index (χ4n) is 3.89. The van der Waals surface area contributed by atoms with Gasteiger partial charge in [0.2, 0.25) is 0 Å². The van der Waals surface area contributed by atoms with Crippen LogP contribution in [0.4, 0.5) is 0 Å². The Balaban J connectivity index is 1.74. The molecule has 0 amide bonds. The summed E-state index contributed by atoms with van der Waals surface area (Å²) in [5.74, 6) is -0.683. The first-order valence-electron chi connectivity index (χ1n) is 7.90. The van der Waals surface area contributed by atoms with Crippen molar-refractivity contribution in [3.05, 3.63) is 10.0 Å². The third-order valence-electron chi connectivity index (χ3n) is 4.95. The van der Waals surface area contributed by atoms with Crippen LogP contribution in [0.1, 0.15) is 55.5 Å². The predicted octanol–water partition coefficient (Wildman–Crippen LogP) is 2.71. The summed E-state index contributed by atoms with van der Waals surface area (Å²) in [6.45, 7) is 3.61. The van der Waals surface area contributed by atoms with Crippen molar-refractivity contribution in [3.8, 4) is 0 Å². The fraction of sp³-hybridized carbons (Fsp3) is 0.800. The molecule has 3 rings (SSSR count). The molecule has 1 unspecified atom stereocenters. The number of carboxylic acid groups (broad SMARTS) is 1. The third kappa shape index (κ3) is 3.11. The highest BCUT2D eigenvalue weighted by atomic mass is 32.1. The maximum atomic E-state index is 11.6. The Labute approximate surface area is 129 Å². The van der Waals surface area contributed by atoms with Gasteiger partial charge in [-0.2, -0.15) is 0 Å². The van der Waals surface area contributed by atoms with E-state index in [9.17, 15) is 9.90 Å². The van der Waals surface area contributed by atoms with Gasteiger partial charge in [-0.3, -0.25) is 9.69 Å². The summed E-state index contributed by atoms with van der Waals surface area (Å²) in [7, 11) is 0. The molecule has 1 saturated carbocycles. The number of hydrogen-bond acceptors (Lipinski definition) is 5. The van der Waals surface area contributed by atoms with Crippen molar-refractivity contribution in [2.24, 2.45) is 5.41 Å². The number of carboxylic acids is 1. The van der Waals surface area contributed by atoms with Gasteiger partial charge in [-0.25, -0.2) is 0 Å². The number of aliphatic carboxylic acids is 1. The van der Waals surface area contributed by atoms with Crippen molar-refractivity contribution in [1.29, 1.82) is 0 Å². The summed E-state index contributed by atoms with van der Waals surface area (Å²) in [6, 6.07) is -0.350. The van der Waals surface area contributed by atoms with Crippen LogP contribution in [0.5, 0.6) is 0 Å². The van der Waals surface area contributed by atoms with Crippen LogP contribution in [0.3, 0.4) is 0 Å². The predicted molar refractivity (Wildman–Crippen MR) is 81.3 cm³/mol. The first-order valence-corrected chi connectivity index (χ1v) is 8.72. The third-order valence-corrected chi connectivity index (χ3v) is 6.01. The highest BCUT2D eigenvalue weighted by molar-refractivity contribution is 7.11. The van der Waals surface area contributed by atoms with Gasteiger partial charge in [0, 0.05) is 6.54 Å². The van der Waals surface area contributed by atoms with E-state index in [0.717, 1.165) is 29.4 Å². The zero-order valence-corrected chi connectivity index (χ0v) is 13.4. The molecule has 1 aromatic rings. The van der Waals surface area contributed by atoms with Crippen molar-refractivity contribution < 1.29 is 9.90 Å². The van der Waals surface area contributed by atoms with E-state index in [1.54, 1.807) is 11.3 Å². The standard InChI is InChI=1S/C15H23N3O2S/c1-2-12-16-17-13(21-12)9-18-10-15(6-4-3-5-7-15)8-11(18)14(19)20/h11H,2-10H2,1H3,(H,19,20). The van der Waals surface area contributed by atoms with Crippen LogP contribution in [0, 0.1) is 5.41 Å². The summed E-state index contributed by atoms with van der Waals surface area (Å²) in [4.78, 5) is 13.7. The monoisotopic (exact) mass is 309 g/mol. The SMILES string of the molecule is CCc1nnc(CN2CC3(CCCCC3)CC2C(=O)O)s1. The molecule has 1 spiro atoms. The lowest BCUT2D eigenvalue weighted by molar-refractivity contribution is -0.142. The Morgan fingerprint density at radius 3 is 2.67 bits per heavy atom. The van der Waals surface area contributed by atoms with Crippen LogP contribution < -0.4 is 0 Å². The summed E-state index contributed by atoms with van der Waals surface area (Å²) in [5, 5.41) is 19.9. The van der Waals surface area contributed by atoms with Crippen molar-refractivity contribution in [2.75, 3.05) is 6.54 Å². The lowest BCUT2D eigenvalue weighted by atomic mass is 9.73. The molecule has 1 aromatic heterocycles. The highest BCUT2D eigenvalue weighted by Gasteiger charge is 2.47. The molecule has 0 radical (unpaired) electrons. The van der Waals surface area contributed by atoms with Gasteiger partial charge in [-0.1, -0.05) is 26.2 Å². The molecule has 2 heterocycles. The van der Waals surface area contributed by atoms with E-state index in [-0.39, 0.29) is 11.5 Å². The Morgan fingerprint density at radius 1 is 1.33 bits per heavy atom. The molecule has 0 bridgehead atoms. The van der Waals surface area contributed by atoms with Crippen molar-refractivity contribution >= 4 is 17.3 Å². The minimum absolute atomic E-state index is 0.236. The average Bonchev–Trinajstić information content (AvgIpc) is 3.05. The minimum atomic E-state index is -0.683. The lowest BCUT2D eigenvalue weighted by Crippen LogP contribution is -2.35. The maximum Gasteiger partial charge on any atom is 0.320 e. The Morgan fingerprint density at radius 2 is 2.05 bits per heavy atom. The molecule has 2 fully saturated rings. The summed E-state index contributed by atoms with van der Waals surface area (Å²) < 4.78 is 0. The van der Waals surface area contributed by atoms with Gasteiger partial charge in [0.15, 0.2) is 0 Å². The van der Waals surface area contributed by atoms with E-state index >= 15 is 0 Å². The molecule has 5 nitrogen and oxygen atoms in total. The minimum Gasteiger partial charge on any atom is -0.480 e. The van der Waals surface area contributed by atoms with Gasteiger partial charge in [0.05, 0.1) is 6.54 Å². The van der Waals surface area contributed by atoms with Gasteiger partial charge in [-0.15, -0.1) is 21.5 Å². The molecule has 1 aliphatic heterocycles. The number of hydrogen-bond donors (Lipinski definition) is 1. The smallest absolute Gasteiger partial charge is 0.320 e. The zero-order chi connectivity index (χ0) is 14.9. The first-order chi connectivity index (χ1) is 10.1. The van der Waals surface area contributed by atoms with E-state index in [0.29, 0.717) is 6.54 Å². The van der Waals surface area contributed by atoms with Gasteiger partial charge >= 0.3 is 5.97 Å². The van der Waals surface area contributed by atoms with Crippen LogP contribution in [0.25, 0.3) is 0 Å². The Kier molecular flexibility index (Phi) is 4.26. The molecule has 2 aliphatic rings. The number of aromatic nitrogens is 2. The lowest BCUT2D eigenvalue weighted by Gasteiger charge is -2.33. The quantitative estimate of drug-likeness (QED) is 0.926. The molecule has 116 valence electrons. The van der Waals surface area contributed by atoms with E-state index in [1.807, 2.05) is 0 Å². The topological polar surface area (TPSA) is 66.3 Å². The average molecular weight is 309 g/mol. The van der Waals surface area contributed by atoms with E-state index < -0.39 is 5.97 Å². The number of rotatable bonds is 4. The fourth-order valence-corrected chi connectivity index (χ4v) is 4.70. The van der Waals surface area contributed by atoms with Crippen LogP contribution in [0.2, 0.25) is 0 Å². The number of aryl methyl sites for hydroxylation is 1. The second-order valence-electron chi connectivity index (χ2n) is 6.47. The van der Waals surface area contributed by atoms with E-state index in [4.69, 9.17) is 0 Å². The van der Waals surface area contributed by atoms with Gasteiger partial charge in [0.25, 0.3) is 0 Å². The Hall–Kier alpha value is -1.01. The molecule has 1 N–H and O–H groups in total. The maximum absolute atomic E-state index is 11.6. The van der Waals surface area contributed by atoms with Crippen LogP contribution in [-0.4, -0.2) is 38.8 Å². The second kappa shape index (κ2) is 6.01. The molecule has 1 saturated heterocycles. The Bertz CT molecular complexity index is 511. The van der Waals surface area contributed by atoms with Gasteiger partial charge < -0.3 is 5.11 Å². The van der Waals surface area contributed by atoms with Crippen molar-refractivity contribution in [2.45, 2.75) is 64.5 Å². The van der Waals surface area contributed by atoms with Crippen molar-refractivity contribution in [1.82, 2.24) is 15.1 Å². The molecule has 1 aliphatic carbocycles. The number of nitrogens with zero attached hydrogens (tertiary/aromatic N) is 3. The molecule has 1 atom stereocenters. The highest BCUT2D eigenvalue weighted by Crippen LogP contribution is 2.46.